The Morgan fingerprint density at radius 2 is 2.11 bits per heavy atom. The van der Waals surface area contributed by atoms with Crippen LogP contribution in [0.3, 0.4) is 0 Å². The van der Waals surface area contributed by atoms with Crippen LogP contribution in [0.2, 0.25) is 0 Å². The Bertz CT molecular complexity index is 466. The Hall–Kier alpha value is -1.18. The SMILES string of the molecule is CC1CC(Nc2ccc3c(c2)CCO3)CC(C)(C)C1. The van der Waals surface area contributed by atoms with Gasteiger partial charge in [0.1, 0.15) is 5.75 Å². The van der Waals surface area contributed by atoms with Crippen LogP contribution in [0.25, 0.3) is 0 Å². The minimum Gasteiger partial charge on any atom is -0.493 e. The Morgan fingerprint density at radius 3 is 2.89 bits per heavy atom. The molecular weight excluding hydrogens is 234 g/mol. The van der Waals surface area contributed by atoms with E-state index in [2.05, 4.69) is 44.3 Å². The van der Waals surface area contributed by atoms with E-state index in [1.54, 1.807) is 0 Å². The van der Waals surface area contributed by atoms with Crippen molar-refractivity contribution >= 4 is 5.69 Å². The summed E-state index contributed by atoms with van der Waals surface area (Å²) in [7, 11) is 0. The summed E-state index contributed by atoms with van der Waals surface area (Å²) in [6.45, 7) is 8.01. The molecule has 3 rings (SSSR count). The van der Waals surface area contributed by atoms with Crippen molar-refractivity contribution in [2.45, 2.75) is 52.5 Å². The standard InChI is InChI=1S/C17H25NO/c1-12-8-15(11-17(2,3)10-12)18-14-4-5-16-13(9-14)6-7-19-16/h4-5,9,12,15,18H,6-8,10-11H2,1-3H3. The second kappa shape index (κ2) is 4.73. The van der Waals surface area contributed by atoms with Crippen LogP contribution in [0.4, 0.5) is 5.69 Å². The maximum atomic E-state index is 5.57. The second-order valence-corrected chi connectivity index (χ2v) is 7.18. The van der Waals surface area contributed by atoms with Gasteiger partial charge in [0.25, 0.3) is 0 Å². The summed E-state index contributed by atoms with van der Waals surface area (Å²) in [5.74, 6) is 1.89. The van der Waals surface area contributed by atoms with E-state index in [4.69, 9.17) is 4.74 Å². The fourth-order valence-electron chi connectivity index (χ4n) is 3.97. The first-order chi connectivity index (χ1) is 9.02. The number of ether oxygens (including phenoxy) is 1. The third-order valence-corrected chi connectivity index (χ3v) is 4.45. The Morgan fingerprint density at radius 1 is 1.26 bits per heavy atom. The average molecular weight is 259 g/mol. The van der Waals surface area contributed by atoms with Gasteiger partial charge in [-0.2, -0.15) is 0 Å². The third kappa shape index (κ3) is 2.88. The highest BCUT2D eigenvalue weighted by atomic mass is 16.5. The van der Waals surface area contributed by atoms with Crippen LogP contribution >= 0.6 is 0 Å². The van der Waals surface area contributed by atoms with Gasteiger partial charge in [-0.3, -0.25) is 0 Å². The van der Waals surface area contributed by atoms with Gasteiger partial charge in [0.05, 0.1) is 6.61 Å². The summed E-state index contributed by atoms with van der Waals surface area (Å²) in [5, 5.41) is 3.74. The molecule has 2 nitrogen and oxygen atoms in total. The lowest BCUT2D eigenvalue weighted by Gasteiger charge is -2.39. The van der Waals surface area contributed by atoms with Crippen molar-refractivity contribution in [2.75, 3.05) is 11.9 Å². The third-order valence-electron chi connectivity index (χ3n) is 4.45. The molecule has 2 heteroatoms. The number of nitrogens with one attached hydrogen (secondary N) is 1. The summed E-state index contributed by atoms with van der Waals surface area (Å²) < 4.78 is 5.57. The van der Waals surface area contributed by atoms with Crippen LogP contribution < -0.4 is 10.1 Å². The van der Waals surface area contributed by atoms with E-state index in [0.717, 1.165) is 24.7 Å². The maximum absolute atomic E-state index is 5.57. The molecule has 1 fully saturated rings. The molecule has 0 aromatic heterocycles. The van der Waals surface area contributed by atoms with Crippen LogP contribution in [-0.4, -0.2) is 12.6 Å². The number of anilines is 1. The normalized spacial score (nSPS) is 28.6. The molecule has 2 unspecified atom stereocenters. The second-order valence-electron chi connectivity index (χ2n) is 7.18. The molecule has 1 saturated carbocycles. The van der Waals surface area contributed by atoms with Crippen molar-refractivity contribution in [2.24, 2.45) is 11.3 Å². The van der Waals surface area contributed by atoms with E-state index in [0.29, 0.717) is 11.5 Å². The molecule has 0 bridgehead atoms. The average Bonchev–Trinajstić information content (AvgIpc) is 2.73. The molecule has 0 spiro atoms. The topological polar surface area (TPSA) is 21.3 Å². The van der Waals surface area contributed by atoms with E-state index in [1.165, 1.54) is 30.5 Å². The molecule has 1 heterocycles. The summed E-state index contributed by atoms with van der Waals surface area (Å²) >= 11 is 0. The number of benzene rings is 1. The van der Waals surface area contributed by atoms with E-state index >= 15 is 0 Å². The highest BCUT2D eigenvalue weighted by Crippen LogP contribution is 2.40. The molecule has 0 saturated heterocycles. The molecule has 2 aliphatic rings. The van der Waals surface area contributed by atoms with Gasteiger partial charge in [0, 0.05) is 18.2 Å². The maximum Gasteiger partial charge on any atom is 0.122 e. The monoisotopic (exact) mass is 259 g/mol. The predicted molar refractivity (Wildman–Crippen MR) is 79.8 cm³/mol. The lowest BCUT2D eigenvalue weighted by molar-refractivity contribution is 0.178. The molecule has 2 atom stereocenters. The number of hydrogen-bond donors (Lipinski definition) is 1. The lowest BCUT2D eigenvalue weighted by Crippen LogP contribution is -2.35. The highest BCUT2D eigenvalue weighted by molar-refractivity contribution is 5.53. The number of hydrogen-bond acceptors (Lipinski definition) is 2. The van der Waals surface area contributed by atoms with E-state index in [9.17, 15) is 0 Å². The Labute approximate surface area is 116 Å². The minimum atomic E-state index is 0.467. The fraction of sp³-hybridized carbons (Fsp3) is 0.647. The van der Waals surface area contributed by atoms with Gasteiger partial charge in [-0.25, -0.2) is 0 Å². The zero-order valence-corrected chi connectivity index (χ0v) is 12.3. The van der Waals surface area contributed by atoms with Gasteiger partial charge < -0.3 is 10.1 Å². The van der Waals surface area contributed by atoms with E-state index in [-0.39, 0.29) is 0 Å². The summed E-state index contributed by atoms with van der Waals surface area (Å²) in [6, 6.07) is 7.16. The zero-order chi connectivity index (χ0) is 13.5. The largest absolute Gasteiger partial charge is 0.493 e. The van der Waals surface area contributed by atoms with Crippen LogP contribution in [0.15, 0.2) is 18.2 Å². The predicted octanol–water partition coefficient (Wildman–Crippen LogP) is 4.25. The Kier molecular flexibility index (Phi) is 3.20. The smallest absolute Gasteiger partial charge is 0.122 e. The van der Waals surface area contributed by atoms with Crippen molar-refractivity contribution < 1.29 is 4.74 Å². The summed E-state index contributed by atoms with van der Waals surface area (Å²) in [6.07, 6.45) is 4.96. The first kappa shape index (κ1) is 12.8. The van der Waals surface area contributed by atoms with E-state index < -0.39 is 0 Å². The number of rotatable bonds is 2. The lowest BCUT2D eigenvalue weighted by atomic mass is 9.70. The zero-order valence-electron chi connectivity index (χ0n) is 12.3. The van der Waals surface area contributed by atoms with Crippen molar-refractivity contribution in [1.82, 2.24) is 0 Å². The first-order valence-corrected chi connectivity index (χ1v) is 7.54. The number of fused-ring (bicyclic) bond motifs is 1. The summed E-state index contributed by atoms with van der Waals surface area (Å²) in [5.41, 5.74) is 3.09. The molecule has 19 heavy (non-hydrogen) atoms. The van der Waals surface area contributed by atoms with Gasteiger partial charge in [0.15, 0.2) is 0 Å². The first-order valence-electron chi connectivity index (χ1n) is 7.54. The van der Waals surface area contributed by atoms with Gasteiger partial charge in [0.2, 0.25) is 0 Å². The van der Waals surface area contributed by atoms with Crippen molar-refractivity contribution in [3.63, 3.8) is 0 Å². The van der Waals surface area contributed by atoms with Crippen molar-refractivity contribution in [1.29, 1.82) is 0 Å². The molecule has 0 radical (unpaired) electrons. The molecule has 1 aromatic rings. The molecule has 0 amide bonds. The minimum absolute atomic E-state index is 0.467. The molecule has 1 aromatic carbocycles. The molecule has 1 N–H and O–H groups in total. The van der Waals surface area contributed by atoms with Crippen LogP contribution in [-0.2, 0) is 6.42 Å². The molecule has 104 valence electrons. The van der Waals surface area contributed by atoms with Gasteiger partial charge in [-0.15, -0.1) is 0 Å². The van der Waals surface area contributed by atoms with E-state index in [1.807, 2.05) is 0 Å². The van der Waals surface area contributed by atoms with Crippen LogP contribution in [0.5, 0.6) is 5.75 Å². The molecule has 1 aliphatic carbocycles. The van der Waals surface area contributed by atoms with Gasteiger partial charge in [-0.1, -0.05) is 20.8 Å². The Balaban J connectivity index is 1.71. The van der Waals surface area contributed by atoms with Crippen LogP contribution in [0.1, 0.15) is 45.6 Å². The highest BCUT2D eigenvalue weighted by Gasteiger charge is 2.31. The summed E-state index contributed by atoms with van der Waals surface area (Å²) in [4.78, 5) is 0. The molecule has 1 aliphatic heterocycles. The van der Waals surface area contributed by atoms with Crippen LogP contribution in [0, 0.1) is 11.3 Å². The molecular formula is C17H25NO. The van der Waals surface area contributed by atoms with Gasteiger partial charge in [-0.05, 0) is 54.4 Å². The van der Waals surface area contributed by atoms with Gasteiger partial charge >= 0.3 is 0 Å². The van der Waals surface area contributed by atoms with Crippen molar-refractivity contribution in [3.8, 4) is 5.75 Å². The fourth-order valence-corrected chi connectivity index (χ4v) is 3.97. The van der Waals surface area contributed by atoms with Crippen molar-refractivity contribution in [3.05, 3.63) is 23.8 Å². The quantitative estimate of drug-likeness (QED) is 0.857.